The van der Waals surface area contributed by atoms with Crippen LogP contribution in [0.15, 0.2) is 70.6 Å². The molecular weight excluding hydrogens is 470 g/mol. The number of aliphatic carboxylic acids is 1. The van der Waals surface area contributed by atoms with Crippen LogP contribution in [0, 0.1) is 6.92 Å². The number of benzene rings is 3. The summed E-state index contributed by atoms with van der Waals surface area (Å²) in [5.74, 6) is 0.834. The van der Waals surface area contributed by atoms with Gasteiger partial charge in [-0.2, -0.15) is 9.78 Å². The molecule has 3 aromatic carbocycles. The van der Waals surface area contributed by atoms with Gasteiger partial charge in [-0.1, -0.05) is 26.0 Å². The summed E-state index contributed by atoms with van der Waals surface area (Å²) in [7, 11) is 0. The summed E-state index contributed by atoms with van der Waals surface area (Å²) in [6.07, 6.45) is 1.57. The zero-order valence-electron chi connectivity index (χ0n) is 21.3. The van der Waals surface area contributed by atoms with Crippen LogP contribution in [0.1, 0.15) is 43.4 Å². The normalized spacial score (nSPS) is 11.4. The molecule has 0 fully saturated rings. The molecule has 0 aliphatic carbocycles. The van der Waals surface area contributed by atoms with E-state index in [0.717, 1.165) is 22.4 Å². The van der Waals surface area contributed by atoms with Crippen molar-refractivity contribution in [2.24, 2.45) is 5.10 Å². The van der Waals surface area contributed by atoms with Crippen LogP contribution >= 0.6 is 0 Å². The molecule has 0 atom stereocenters. The first-order chi connectivity index (χ1) is 17.8. The summed E-state index contributed by atoms with van der Waals surface area (Å²) in [4.78, 5) is 29.1. The molecule has 0 bridgehead atoms. The lowest BCUT2D eigenvalue weighted by Gasteiger charge is -2.18. The van der Waals surface area contributed by atoms with Gasteiger partial charge < -0.3 is 14.6 Å². The molecule has 0 aliphatic rings. The Kier molecular flexibility index (Phi) is 7.67. The van der Waals surface area contributed by atoms with E-state index < -0.39 is 12.6 Å². The Morgan fingerprint density at radius 3 is 2.51 bits per heavy atom. The number of carboxylic acid groups (broad SMARTS) is 1. The Labute approximate surface area is 214 Å². The molecule has 1 heterocycles. The summed E-state index contributed by atoms with van der Waals surface area (Å²) in [5.41, 5.74) is 3.76. The molecule has 37 heavy (non-hydrogen) atoms. The Bertz CT molecular complexity index is 1520. The molecule has 0 saturated carbocycles. The number of aryl methyl sites for hydroxylation is 1. The molecule has 0 saturated heterocycles. The van der Waals surface area contributed by atoms with Crippen molar-refractivity contribution in [3.8, 4) is 22.9 Å². The molecule has 0 amide bonds. The van der Waals surface area contributed by atoms with Crippen LogP contribution in [0.4, 0.5) is 0 Å². The van der Waals surface area contributed by atoms with Crippen LogP contribution < -0.4 is 15.0 Å². The Morgan fingerprint density at radius 1 is 1.11 bits per heavy atom. The number of carbonyl (C=O) groups is 1. The van der Waals surface area contributed by atoms with Crippen LogP contribution in [0.2, 0.25) is 0 Å². The number of hydrogen-bond donors (Lipinski definition) is 1. The Morgan fingerprint density at radius 2 is 1.84 bits per heavy atom. The van der Waals surface area contributed by atoms with Crippen LogP contribution in [-0.4, -0.2) is 40.2 Å². The van der Waals surface area contributed by atoms with Gasteiger partial charge in [-0.3, -0.25) is 4.79 Å². The van der Waals surface area contributed by atoms with Crippen LogP contribution in [-0.2, 0) is 4.79 Å². The zero-order valence-corrected chi connectivity index (χ0v) is 21.3. The number of rotatable bonds is 9. The van der Waals surface area contributed by atoms with E-state index in [1.165, 1.54) is 4.68 Å². The smallest absolute Gasteiger partial charge is 0.341 e. The van der Waals surface area contributed by atoms with Crippen molar-refractivity contribution in [3.05, 3.63) is 87.7 Å². The number of hydrogen-bond acceptors (Lipinski definition) is 6. The molecule has 8 heteroatoms. The van der Waals surface area contributed by atoms with Crippen molar-refractivity contribution in [1.82, 2.24) is 9.66 Å². The third-order valence-corrected chi connectivity index (χ3v) is 5.84. The van der Waals surface area contributed by atoms with E-state index in [1.807, 2.05) is 38.1 Å². The van der Waals surface area contributed by atoms with E-state index in [9.17, 15) is 9.59 Å². The van der Waals surface area contributed by atoms with E-state index in [4.69, 9.17) is 19.6 Å². The van der Waals surface area contributed by atoms with Crippen molar-refractivity contribution in [2.45, 2.75) is 33.6 Å². The summed E-state index contributed by atoms with van der Waals surface area (Å²) >= 11 is 0. The van der Waals surface area contributed by atoms with E-state index >= 15 is 0 Å². The van der Waals surface area contributed by atoms with Gasteiger partial charge in [-0.05, 0) is 85.0 Å². The van der Waals surface area contributed by atoms with Gasteiger partial charge in [0.2, 0.25) is 0 Å². The Balaban J connectivity index is 1.84. The molecule has 0 spiro atoms. The monoisotopic (exact) mass is 499 g/mol. The van der Waals surface area contributed by atoms with Gasteiger partial charge in [0, 0.05) is 5.56 Å². The van der Waals surface area contributed by atoms with Crippen LogP contribution in [0.25, 0.3) is 22.3 Å². The first kappa shape index (κ1) is 25.6. The topological polar surface area (TPSA) is 103 Å². The predicted molar refractivity (Wildman–Crippen MR) is 144 cm³/mol. The quantitative estimate of drug-likeness (QED) is 0.316. The van der Waals surface area contributed by atoms with E-state index in [1.54, 1.807) is 42.6 Å². The molecule has 1 N–H and O–H groups in total. The molecule has 1 aromatic heterocycles. The molecule has 4 aromatic rings. The number of aromatic nitrogens is 2. The molecular formula is C29H29N3O5. The maximum absolute atomic E-state index is 13.6. The SMILES string of the molecule is CCOc1cc(C)c(-c2nc3ccccc3c(=O)n2N=Cc2ccc(OCC(=O)O)cc2)cc1C(C)C. The van der Waals surface area contributed by atoms with Gasteiger partial charge in [0.1, 0.15) is 11.5 Å². The van der Waals surface area contributed by atoms with E-state index in [0.29, 0.717) is 34.6 Å². The minimum atomic E-state index is -1.05. The van der Waals surface area contributed by atoms with E-state index in [2.05, 4.69) is 18.9 Å². The van der Waals surface area contributed by atoms with Crippen molar-refractivity contribution in [1.29, 1.82) is 0 Å². The lowest BCUT2D eigenvalue weighted by Crippen LogP contribution is -2.20. The zero-order chi connectivity index (χ0) is 26.5. The number of nitrogens with zero attached hydrogens (tertiary/aromatic N) is 3. The van der Waals surface area contributed by atoms with Crippen LogP contribution in [0.5, 0.6) is 11.5 Å². The van der Waals surface area contributed by atoms with Gasteiger partial charge in [-0.15, -0.1) is 0 Å². The number of ether oxygens (including phenoxy) is 2. The maximum Gasteiger partial charge on any atom is 0.341 e. The minimum Gasteiger partial charge on any atom is -0.494 e. The van der Waals surface area contributed by atoms with Crippen molar-refractivity contribution >= 4 is 23.1 Å². The van der Waals surface area contributed by atoms with Crippen molar-refractivity contribution in [2.75, 3.05) is 13.2 Å². The minimum absolute atomic E-state index is 0.201. The highest BCUT2D eigenvalue weighted by atomic mass is 16.5. The van der Waals surface area contributed by atoms with Gasteiger partial charge in [0.25, 0.3) is 5.56 Å². The summed E-state index contributed by atoms with van der Waals surface area (Å²) < 4.78 is 12.4. The lowest BCUT2D eigenvalue weighted by molar-refractivity contribution is -0.139. The molecule has 8 nitrogen and oxygen atoms in total. The highest BCUT2D eigenvalue weighted by Crippen LogP contribution is 2.34. The van der Waals surface area contributed by atoms with Gasteiger partial charge in [0.15, 0.2) is 12.4 Å². The van der Waals surface area contributed by atoms with Crippen molar-refractivity contribution in [3.63, 3.8) is 0 Å². The molecule has 190 valence electrons. The first-order valence-corrected chi connectivity index (χ1v) is 12.1. The standard InChI is InChI=1S/C29H29N3O5/c1-5-36-26-14-19(4)24(15-23(26)18(2)3)28-31-25-9-7-6-8-22(25)29(35)32(28)30-16-20-10-12-21(13-11-20)37-17-27(33)34/h6-16,18H,5,17H2,1-4H3,(H,33,34). The number of para-hydroxylation sites is 1. The summed E-state index contributed by atoms with van der Waals surface area (Å²) in [6, 6.07) is 18.0. The van der Waals surface area contributed by atoms with Gasteiger partial charge in [0.05, 0.1) is 23.7 Å². The highest BCUT2D eigenvalue weighted by molar-refractivity contribution is 5.82. The second-order valence-electron chi connectivity index (χ2n) is 8.86. The van der Waals surface area contributed by atoms with E-state index in [-0.39, 0.29) is 11.5 Å². The molecule has 0 radical (unpaired) electrons. The molecule has 0 unspecified atom stereocenters. The van der Waals surface area contributed by atoms with Gasteiger partial charge in [-0.25, -0.2) is 9.78 Å². The average Bonchev–Trinajstić information content (AvgIpc) is 2.87. The van der Waals surface area contributed by atoms with Crippen LogP contribution in [0.3, 0.4) is 0 Å². The fraction of sp³-hybridized carbons (Fsp3) is 0.241. The Hall–Kier alpha value is -4.46. The highest BCUT2D eigenvalue weighted by Gasteiger charge is 2.18. The third kappa shape index (κ3) is 5.69. The third-order valence-electron chi connectivity index (χ3n) is 5.84. The fourth-order valence-corrected chi connectivity index (χ4v) is 4.00. The maximum atomic E-state index is 13.6. The average molecular weight is 500 g/mol. The number of carboxylic acids is 1. The molecule has 4 rings (SSSR count). The largest absolute Gasteiger partial charge is 0.494 e. The second-order valence-corrected chi connectivity index (χ2v) is 8.86. The molecule has 0 aliphatic heterocycles. The van der Waals surface area contributed by atoms with Crippen molar-refractivity contribution < 1.29 is 19.4 Å². The number of fused-ring (bicyclic) bond motifs is 1. The second kappa shape index (κ2) is 11.1. The predicted octanol–water partition coefficient (Wildman–Crippen LogP) is 5.24. The summed E-state index contributed by atoms with van der Waals surface area (Å²) in [6.45, 7) is 8.25. The van der Waals surface area contributed by atoms with Gasteiger partial charge >= 0.3 is 5.97 Å². The fourth-order valence-electron chi connectivity index (χ4n) is 4.00. The lowest BCUT2D eigenvalue weighted by atomic mass is 9.96. The summed E-state index contributed by atoms with van der Waals surface area (Å²) in [5, 5.41) is 13.8. The first-order valence-electron chi connectivity index (χ1n) is 12.1.